The van der Waals surface area contributed by atoms with Gasteiger partial charge in [-0.2, -0.15) is 0 Å². The largest absolute Gasteiger partial charge is 0.495 e. The first-order valence-electron chi connectivity index (χ1n) is 8.98. The van der Waals surface area contributed by atoms with Gasteiger partial charge in [-0.1, -0.05) is 29.3 Å². The molecule has 3 N–H and O–H groups in total. The van der Waals surface area contributed by atoms with Gasteiger partial charge in [-0.3, -0.25) is 4.72 Å². The molecule has 3 aromatic rings. The zero-order valence-electron chi connectivity index (χ0n) is 16.6. The van der Waals surface area contributed by atoms with E-state index >= 15 is 0 Å². The van der Waals surface area contributed by atoms with Gasteiger partial charge in [0.1, 0.15) is 5.75 Å². The number of anilines is 3. The zero-order valence-corrected chi connectivity index (χ0v) is 18.9. The summed E-state index contributed by atoms with van der Waals surface area (Å²) >= 11 is 11.8. The van der Waals surface area contributed by atoms with Crippen molar-refractivity contribution in [2.24, 2.45) is 0 Å². The third-order valence-electron chi connectivity index (χ3n) is 4.24. The summed E-state index contributed by atoms with van der Waals surface area (Å²) in [7, 11) is -2.42. The normalized spacial score (nSPS) is 11.0. The number of hydrogen-bond acceptors (Lipinski definition) is 4. The molecule has 0 saturated heterocycles. The van der Waals surface area contributed by atoms with Crippen LogP contribution in [0.25, 0.3) is 0 Å². The molecule has 3 rings (SSSR count). The Morgan fingerprint density at radius 3 is 2.19 bits per heavy atom. The molecule has 0 aromatic heterocycles. The summed E-state index contributed by atoms with van der Waals surface area (Å²) in [5, 5.41) is 6.16. The Bertz CT molecular complexity index is 1220. The summed E-state index contributed by atoms with van der Waals surface area (Å²) in [4.78, 5) is 12.5. The van der Waals surface area contributed by atoms with Gasteiger partial charge in [0.15, 0.2) is 0 Å². The second-order valence-corrected chi connectivity index (χ2v) is 9.04. The fourth-order valence-corrected chi connectivity index (χ4v) is 4.39. The van der Waals surface area contributed by atoms with Crippen molar-refractivity contribution in [3.8, 4) is 5.75 Å². The van der Waals surface area contributed by atoms with Gasteiger partial charge < -0.3 is 15.4 Å². The molecule has 162 valence electrons. The number of carbonyl (C=O) groups excluding carboxylic acids is 1. The van der Waals surface area contributed by atoms with E-state index in [1.807, 2.05) is 0 Å². The van der Waals surface area contributed by atoms with Crippen molar-refractivity contribution in [1.82, 2.24) is 0 Å². The Kier molecular flexibility index (Phi) is 6.94. The fraction of sp³-hybridized carbons (Fsp3) is 0.0952. The molecule has 0 aliphatic heterocycles. The number of nitrogens with one attached hydrogen (secondary N) is 3. The van der Waals surface area contributed by atoms with Gasteiger partial charge in [0.05, 0.1) is 17.7 Å². The van der Waals surface area contributed by atoms with Crippen molar-refractivity contribution < 1.29 is 17.9 Å². The molecular formula is C21H19Cl2N3O4S. The van der Waals surface area contributed by atoms with E-state index in [1.54, 1.807) is 61.5 Å². The summed E-state index contributed by atoms with van der Waals surface area (Å²) in [5.74, 6) is 0.430. The highest BCUT2D eigenvalue weighted by Gasteiger charge is 2.18. The predicted molar refractivity (Wildman–Crippen MR) is 124 cm³/mol. The van der Waals surface area contributed by atoms with Crippen LogP contribution in [0.1, 0.15) is 5.56 Å². The molecule has 0 radical (unpaired) electrons. The van der Waals surface area contributed by atoms with Gasteiger partial charge in [-0.15, -0.1) is 0 Å². The van der Waals surface area contributed by atoms with Crippen molar-refractivity contribution in [3.05, 3.63) is 76.3 Å². The maximum Gasteiger partial charge on any atom is 0.323 e. The molecule has 0 bridgehead atoms. The maximum absolute atomic E-state index is 12.9. The van der Waals surface area contributed by atoms with Crippen LogP contribution in [-0.4, -0.2) is 21.6 Å². The van der Waals surface area contributed by atoms with Crippen LogP contribution >= 0.6 is 23.2 Å². The quantitative estimate of drug-likeness (QED) is 0.418. The molecule has 31 heavy (non-hydrogen) atoms. The Morgan fingerprint density at radius 2 is 1.52 bits per heavy atom. The second kappa shape index (κ2) is 9.47. The fourth-order valence-electron chi connectivity index (χ4n) is 2.76. The summed E-state index contributed by atoms with van der Waals surface area (Å²) in [6.07, 6.45) is 0. The van der Waals surface area contributed by atoms with Crippen molar-refractivity contribution in [3.63, 3.8) is 0 Å². The van der Waals surface area contributed by atoms with Crippen molar-refractivity contribution in [2.75, 3.05) is 22.5 Å². The van der Waals surface area contributed by atoms with E-state index in [9.17, 15) is 13.2 Å². The summed E-state index contributed by atoms with van der Waals surface area (Å²) in [6, 6.07) is 15.1. The van der Waals surface area contributed by atoms with Gasteiger partial charge in [-0.05, 0) is 67.1 Å². The molecule has 7 nitrogen and oxygen atoms in total. The van der Waals surface area contributed by atoms with Crippen LogP contribution in [0.2, 0.25) is 10.0 Å². The number of sulfonamides is 1. The lowest BCUT2D eigenvalue weighted by molar-refractivity contribution is 0.262. The van der Waals surface area contributed by atoms with Gasteiger partial charge in [0.25, 0.3) is 10.0 Å². The topological polar surface area (TPSA) is 96.5 Å². The average Bonchev–Trinajstić information content (AvgIpc) is 2.71. The van der Waals surface area contributed by atoms with Crippen LogP contribution < -0.4 is 20.1 Å². The molecule has 0 atom stereocenters. The first-order chi connectivity index (χ1) is 14.7. The Balaban J connectivity index is 1.80. The van der Waals surface area contributed by atoms with Gasteiger partial charge in [-0.25, -0.2) is 13.2 Å². The molecule has 0 aliphatic rings. The maximum atomic E-state index is 12.9. The monoisotopic (exact) mass is 479 g/mol. The number of halogens is 2. The average molecular weight is 480 g/mol. The van der Waals surface area contributed by atoms with E-state index in [0.717, 1.165) is 0 Å². The molecule has 0 heterocycles. The summed E-state index contributed by atoms with van der Waals surface area (Å²) in [5.41, 5.74) is 1.55. The standard InChI is InChI=1S/C21H19Cl2N3O4S/c1-13-3-7-17(24-21(27)25-18-11-15(23)6-10-19(18)30-2)12-20(13)31(28,29)26-16-8-4-14(22)5-9-16/h3-12,26H,1-2H3,(H2,24,25,27). The second-order valence-electron chi connectivity index (χ2n) is 6.52. The minimum Gasteiger partial charge on any atom is -0.495 e. The van der Waals surface area contributed by atoms with Gasteiger partial charge in [0.2, 0.25) is 0 Å². The first kappa shape index (κ1) is 22.7. The minimum atomic E-state index is -3.89. The van der Waals surface area contributed by atoms with Crippen LogP contribution in [0.5, 0.6) is 5.75 Å². The Morgan fingerprint density at radius 1 is 0.871 bits per heavy atom. The Labute approximate surface area is 190 Å². The summed E-state index contributed by atoms with van der Waals surface area (Å²) < 4.78 is 33.4. The highest BCUT2D eigenvalue weighted by molar-refractivity contribution is 7.92. The van der Waals surface area contributed by atoms with Crippen molar-refractivity contribution in [2.45, 2.75) is 11.8 Å². The lowest BCUT2D eigenvalue weighted by atomic mass is 10.2. The number of carbonyl (C=O) groups is 1. The smallest absolute Gasteiger partial charge is 0.323 e. The van der Waals surface area contributed by atoms with Crippen LogP contribution in [0, 0.1) is 6.92 Å². The van der Waals surface area contributed by atoms with Crippen molar-refractivity contribution in [1.29, 1.82) is 0 Å². The first-order valence-corrected chi connectivity index (χ1v) is 11.2. The molecular weight excluding hydrogens is 461 g/mol. The number of rotatable bonds is 6. The van der Waals surface area contributed by atoms with E-state index < -0.39 is 16.1 Å². The molecule has 0 aliphatic carbocycles. The van der Waals surface area contributed by atoms with Crippen LogP contribution in [0.15, 0.2) is 65.6 Å². The zero-order chi connectivity index (χ0) is 22.6. The number of amides is 2. The van der Waals surface area contributed by atoms with E-state index in [0.29, 0.717) is 38.4 Å². The number of hydrogen-bond donors (Lipinski definition) is 3. The lowest BCUT2D eigenvalue weighted by Gasteiger charge is -2.14. The Hall–Kier alpha value is -2.94. The molecule has 0 spiro atoms. The number of methoxy groups -OCH3 is 1. The van der Waals surface area contributed by atoms with Crippen LogP contribution in [0.4, 0.5) is 21.9 Å². The summed E-state index contributed by atoms with van der Waals surface area (Å²) in [6.45, 7) is 1.66. The third kappa shape index (κ3) is 5.81. The highest BCUT2D eigenvalue weighted by Crippen LogP contribution is 2.28. The molecule has 10 heteroatoms. The molecule has 0 unspecified atom stereocenters. The van der Waals surface area contributed by atoms with E-state index in [-0.39, 0.29) is 4.90 Å². The number of urea groups is 1. The lowest BCUT2D eigenvalue weighted by Crippen LogP contribution is -2.20. The molecule has 0 fully saturated rings. The predicted octanol–water partition coefficient (Wildman–Crippen LogP) is 5.76. The molecule has 2 amide bonds. The molecule has 3 aromatic carbocycles. The van der Waals surface area contributed by atoms with Gasteiger partial charge >= 0.3 is 6.03 Å². The number of benzene rings is 3. The van der Waals surface area contributed by atoms with Crippen LogP contribution in [0.3, 0.4) is 0 Å². The van der Waals surface area contributed by atoms with Gasteiger partial charge in [0, 0.05) is 21.4 Å². The third-order valence-corrected chi connectivity index (χ3v) is 6.25. The minimum absolute atomic E-state index is 0.0283. The molecule has 0 saturated carbocycles. The number of aryl methyl sites for hydroxylation is 1. The highest BCUT2D eigenvalue weighted by atomic mass is 35.5. The number of ether oxygens (including phenoxy) is 1. The van der Waals surface area contributed by atoms with Crippen molar-refractivity contribution >= 4 is 56.3 Å². The van der Waals surface area contributed by atoms with E-state index in [2.05, 4.69) is 15.4 Å². The van der Waals surface area contributed by atoms with E-state index in [4.69, 9.17) is 27.9 Å². The van der Waals surface area contributed by atoms with Crippen LogP contribution in [-0.2, 0) is 10.0 Å². The van der Waals surface area contributed by atoms with E-state index in [1.165, 1.54) is 13.2 Å². The SMILES string of the molecule is COc1ccc(Cl)cc1NC(=O)Nc1ccc(C)c(S(=O)(=O)Nc2ccc(Cl)cc2)c1.